The van der Waals surface area contributed by atoms with E-state index in [4.69, 9.17) is 10.4 Å². The molecule has 1 saturated carbocycles. The predicted molar refractivity (Wildman–Crippen MR) is 51.8 cm³/mol. The van der Waals surface area contributed by atoms with Gasteiger partial charge < -0.3 is 10.4 Å². The normalized spacial score (nSPS) is 26.5. The first-order valence-electron chi connectivity index (χ1n) is 5.08. The minimum atomic E-state index is -0.934. The summed E-state index contributed by atoms with van der Waals surface area (Å²) in [7, 11) is 0. The molecule has 1 aliphatic carbocycles. The van der Waals surface area contributed by atoms with Crippen LogP contribution >= 0.6 is 0 Å². The minimum Gasteiger partial charge on any atom is -0.465 e. The van der Waals surface area contributed by atoms with E-state index in [1.807, 2.05) is 0 Å². The van der Waals surface area contributed by atoms with Gasteiger partial charge in [-0.15, -0.1) is 0 Å². The summed E-state index contributed by atoms with van der Waals surface area (Å²) in [5.74, 6) is 0.528. The molecule has 0 radical (unpaired) electrons. The van der Waals surface area contributed by atoms with Gasteiger partial charge in [-0.05, 0) is 25.2 Å². The number of nitrogens with zero attached hydrogens (tertiary/aromatic N) is 1. The van der Waals surface area contributed by atoms with Gasteiger partial charge in [-0.1, -0.05) is 12.8 Å². The molecule has 4 nitrogen and oxygen atoms in total. The average molecular weight is 196 g/mol. The van der Waals surface area contributed by atoms with Gasteiger partial charge in [0.05, 0.1) is 6.07 Å². The van der Waals surface area contributed by atoms with Crippen molar-refractivity contribution in [3.63, 3.8) is 0 Å². The highest BCUT2D eigenvalue weighted by Crippen LogP contribution is 2.27. The van der Waals surface area contributed by atoms with Crippen molar-refractivity contribution in [2.45, 2.75) is 44.6 Å². The molecule has 4 heteroatoms. The van der Waals surface area contributed by atoms with Gasteiger partial charge in [-0.2, -0.15) is 5.26 Å². The van der Waals surface area contributed by atoms with Crippen LogP contribution in [0.25, 0.3) is 0 Å². The summed E-state index contributed by atoms with van der Waals surface area (Å²) >= 11 is 0. The Morgan fingerprint density at radius 3 is 3.00 bits per heavy atom. The van der Waals surface area contributed by atoms with Gasteiger partial charge in [0.15, 0.2) is 0 Å². The molecule has 1 fully saturated rings. The van der Waals surface area contributed by atoms with Gasteiger partial charge in [0, 0.05) is 12.5 Å². The van der Waals surface area contributed by atoms with E-state index in [2.05, 4.69) is 11.4 Å². The number of rotatable bonds is 3. The molecular formula is C10H16N2O2. The highest BCUT2D eigenvalue weighted by atomic mass is 16.4. The lowest BCUT2D eigenvalue weighted by atomic mass is 9.83. The first-order chi connectivity index (χ1) is 6.72. The topological polar surface area (TPSA) is 73.1 Å². The summed E-state index contributed by atoms with van der Waals surface area (Å²) < 4.78 is 0. The van der Waals surface area contributed by atoms with Gasteiger partial charge in [-0.3, -0.25) is 0 Å². The van der Waals surface area contributed by atoms with E-state index < -0.39 is 6.09 Å². The van der Waals surface area contributed by atoms with E-state index in [1.54, 1.807) is 0 Å². The van der Waals surface area contributed by atoms with Gasteiger partial charge in [-0.25, -0.2) is 4.79 Å². The van der Waals surface area contributed by atoms with Crippen LogP contribution in [0, 0.1) is 17.2 Å². The molecule has 1 aliphatic rings. The summed E-state index contributed by atoms with van der Waals surface area (Å²) in [6, 6.07) is 2.24. The number of hydrogen-bond donors (Lipinski definition) is 2. The maximum atomic E-state index is 10.4. The Hall–Kier alpha value is -1.24. The summed E-state index contributed by atoms with van der Waals surface area (Å²) in [6.45, 7) is 0. The SMILES string of the molecule is N#CCCC1CCCC(NC(=O)O)C1. The van der Waals surface area contributed by atoms with Gasteiger partial charge in [0.1, 0.15) is 0 Å². The number of nitriles is 1. The van der Waals surface area contributed by atoms with Crippen LogP contribution in [-0.2, 0) is 0 Å². The van der Waals surface area contributed by atoms with E-state index in [0.717, 1.165) is 32.1 Å². The number of carbonyl (C=O) groups is 1. The fraction of sp³-hybridized carbons (Fsp3) is 0.800. The molecule has 0 aliphatic heterocycles. The fourth-order valence-electron chi connectivity index (χ4n) is 2.13. The zero-order valence-electron chi connectivity index (χ0n) is 8.20. The van der Waals surface area contributed by atoms with Crippen LogP contribution in [0.4, 0.5) is 4.79 Å². The van der Waals surface area contributed by atoms with Crippen molar-refractivity contribution in [2.75, 3.05) is 0 Å². The van der Waals surface area contributed by atoms with Crippen LogP contribution < -0.4 is 5.32 Å². The second-order valence-electron chi connectivity index (χ2n) is 3.88. The molecule has 0 aromatic rings. The summed E-state index contributed by atoms with van der Waals surface area (Å²) in [5, 5.41) is 19.5. The third-order valence-electron chi connectivity index (χ3n) is 2.77. The molecule has 0 aromatic heterocycles. The Kier molecular flexibility index (Phi) is 4.24. The van der Waals surface area contributed by atoms with Crippen LogP contribution in [0.15, 0.2) is 0 Å². The molecule has 2 N–H and O–H groups in total. The van der Waals surface area contributed by atoms with Crippen molar-refractivity contribution < 1.29 is 9.90 Å². The molecule has 0 saturated heterocycles. The molecule has 14 heavy (non-hydrogen) atoms. The largest absolute Gasteiger partial charge is 0.465 e. The highest BCUT2D eigenvalue weighted by molar-refractivity contribution is 5.64. The second kappa shape index (κ2) is 5.48. The molecular weight excluding hydrogens is 180 g/mol. The molecule has 78 valence electrons. The summed E-state index contributed by atoms with van der Waals surface area (Å²) in [5.41, 5.74) is 0. The summed E-state index contributed by atoms with van der Waals surface area (Å²) in [4.78, 5) is 10.4. The maximum Gasteiger partial charge on any atom is 0.404 e. The lowest BCUT2D eigenvalue weighted by Gasteiger charge is -2.28. The van der Waals surface area contributed by atoms with E-state index >= 15 is 0 Å². The molecule has 0 heterocycles. The van der Waals surface area contributed by atoms with Crippen LogP contribution in [0.5, 0.6) is 0 Å². The third kappa shape index (κ3) is 3.65. The highest BCUT2D eigenvalue weighted by Gasteiger charge is 2.22. The van der Waals surface area contributed by atoms with Crippen LogP contribution in [0.1, 0.15) is 38.5 Å². The van der Waals surface area contributed by atoms with Crippen molar-refractivity contribution in [2.24, 2.45) is 5.92 Å². The van der Waals surface area contributed by atoms with Crippen LogP contribution in [-0.4, -0.2) is 17.2 Å². The number of nitrogens with one attached hydrogen (secondary N) is 1. The lowest BCUT2D eigenvalue weighted by Crippen LogP contribution is -2.37. The molecule has 2 unspecified atom stereocenters. The smallest absolute Gasteiger partial charge is 0.404 e. The van der Waals surface area contributed by atoms with E-state index in [0.29, 0.717) is 12.3 Å². The first kappa shape index (κ1) is 10.8. The number of hydrogen-bond acceptors (Lipinski definition) is 2. The van der Waals surface area contributed by atoms with Gasteiger partial charge >= 0.3 is 6.09 Å². The zero-order chi connectivity index (χ0) is 10.4. The fourth-order valence-corrected chi connectivity index (χ4v) is 2.13. The third-order valence-corrected chi connectivity index (χ3v) is 2.77. The van der Waals surface area contributed by atoms with Crippen molar-refractivity contribution in [1.82, 2.24) is 5.32 Å². The quantitative estimate of drug-likeness (QED) is 0.726. The van der Waals surface area contributed by atoms with E-state index in [-0.39, 0.29) is 6.04 Å². The molecule has 1 rings (SSSR count). The zero-order valence-corrected chi connectivity index (χ0v) is 8.20. The van der Waals surface area contributed by atoms with E-state index in [1.165, 1.54) is 0 Å². The second-order valence-corrected chi connectivity index (χ2v) is 3.88. The van der Waals surface area contributed by atoms with Crippen molar-refractivity contribution in [1.29, 1.82) is 5.26 Å². The standard InChI is InChI=1S/C10H16N2O2/c11-6-2-4-8-3-1-5-9(7-8)12-10(13)14/h8-9,12H,1-5,7H2,(H,13,14). The molecule has 0 bridgehead atoms. The summed E-state index contributed by atoms with van der Waals surface area (Å²) in [6.07, 6.45) is 4.61. The Morgan fingerprint density at radius 2 is 2.36 bits per heavy atom. The Bertz CT molecular complexity index is 235. The molecule has 1 amide bonds. The van der Waals surface area contributed by atoms with Crippen molar-refractivity contribution in [3.8, 4) is 6.07 Å². The maximum absolute atomic E-state index is 10.4. The molecule has 0 aromatic carbocycles. The average Bonchev–Trinajstić information content (AvgIpc) is 2.14. The lowest BCUT2D eigenvalue weighted by molar-refractivity contribution is 0.180. The van der Waals surface area contributed by atoms with E-state index in [9.17, 15) is 4.79 Å². The van der Waals surface area contributed by atoms with Gasteiger partial charge in [0.2, 0.25) is 0 Å². The van der Waals surface area contributed by atoms with Crippen molar-refractivity contribution >= 4 is 6.09 Å². The number of amides is 1. The predicted octanol–water partition coefficient (Wildman–Crippen LogP) is 2.12. The molecule has 0 spiro atoms. The van der Waals surface area contributed by atoms with Crippen LogP contribution in [0.3, 0.4) is 0 Å². The van der Waals surface area contributed by atoms with Crippen molar-refractivity contribution in [3.05, 3.63) is 0 Å². The monoisotopic (exact) mass is 196 g/mol. The Labute approximate surface area is 83.9 Å². The first-order valence-corrected chi connectivity index (χ1v) is 5.08. The Morgan fingerprint density at radius 1 is 1.57 bits per heavy atom. The number of carboxylic acid groups (broad SMARTS) is 1. The minimum absolute atomic E-state index is 0.102. The molecule has 2 atom stereocenters. The Balaban J connectivity index is 2.29. The van der Waals surface area contributed by atoms with Gasteiger partial charge in [0.25, 0.3) is 0 Å². The van der Waals surface area contributed by atoms with Crippen LogP contribution in [0.2, 0.25) is 0 Å².